The fourth-order valence-corrected chi connectivity index (χ4v) is 3.94. The second-order valence-electron chi connectivity index (χ2n) is 5.08. The van der Waals surface area contributed by atoms with Crippen molar-refractivity contribution in [3.63, 3.8) is 0 Å². The van der Waals surface area contributed by atoms with Gasteiger partial charge in [-0.3, -0.25) is 4.57 Å². The highest BCUT2D eigenvalue weighted by atomic mass is 31.2. The van der Waals surface area contributed by atoms with E-state index in [1.54, 1.807) is 0 Å². The Kier molecular flexibility index (Phi) is 13.8. The molecule has 0 aromatic heterocycles. The van der Waals surface area contributed by atoms with Crippen LogP contribution in [0.25, 0.3) is 0 Å². The molecule has 0 unspecified atom stereocenters. The van der Waals surface area contributed by atoms with Gasteiger partial charge in [0.1, 0.15) is 0 Å². The molecule has 4 heteroatoms. The van der Waals surface area contributed by atoms with Crippen LogP contribution in [0.15, 0.2) is 12.7 Å². The molecule has 0 atom stereocenters. The van der Waals surface area contributed by atoms with Gasteiger partial charge in [0.2, 0.25) is 0 Å². The van der Waals surface area contributed by atoms with Crippen LogP contribution in [0.5, 0.6) is 0 Å². The summed E-state index contributed by atoms with van der Waals surface area (Å²) >= 11 is 0. The largest absolute Gasteiger partial charge is 0.330 e. The van der Waals surface area contributed by atoms with Crippen LogP contribution in [-0.2, 0) is 13.6 Å². The van der Waals surface area contributed by atoms with Gasteiger partial charge in [-0.05, 0) is 33.1 Å². The van der Waals surface area contributed by atoms with E-state index >= 15 is 0 Å². The Balaban J connectivity index is 3.45. The van der Waals surface area contributed by atoms with Crippen LogP contribution in [0, 0.1) is 0 Å². The van der Waals surface area contributed by atoms with E-state index in [1.807, 2.05) is 19.9 Å². The maximum atomic E-state index is 12.2. The summed E-state index contributed by atoms with van der Waals surface area (Å²) in [5, 5.41) is 0. The first-order chi connectivity index (χ1) is 9.68. The molecule has 120 valence electrons. The van der Waals surface area contributed by atoms with Gasteiger partial charge in [0.05, 0.1) is 19.4 Å². The van der Waals surface area contributed by atoms with Gasteiger partial charge in [0, 0.05) is 0 Å². The maximum absolute atomic E-state index is 12.2. The molecule has 3 nitrogen and oxygen atoms in total. The number of rotatable bonds is 15. The quantitative estimate of drug-likeness (QED) is 0.213. The molecule has 0 N–H and O–H groups in total. The SMILES string of the molecule is C=CCCCCCCCCCCP(=O)(OCC)OCC. The predicted octanol–water partition coefficient (Wildman–Crippen LogP) is 5.95. The summed E-state index contributed by atoms with van der Waals surface area (Å²) in [5.41, 5.74) is 0. The first kappa shape index (κ1) is 19.9. The average molecular weight is 304 g/mol. The molecule has 0 aromatic rings. The van der Waals surface area contributed by atoms with Crippen molar-refractivity contribution in [1.82, 2.24) is 0 Å². The first-order valence-corrected chi connectivity index (χ1v) is 9.90. The number of hydrogen-bond donors (Lipinski definition) is 0. The third-order valence-corrected chi connectivity index (χ3v) is 5.41. The normalized spacial score (nSPS) is 11.7. The molecule has 0 saturated carbocycles. The molecule has 0 radical (unpaired) electrons. The lowest BCUT2D eigenvalue weighted by Gasteiger charge is -2.16. The maximum Gasteiger partial charge on any atom is 0.330 e. The van der Waals surface area contributed by atoms with Crippen molar-refractivity contribution in [3.8, 4) is 0 Å². The molecule has 0 aliphatic rings. The van der Waals surface area contributed by atoms with E-state index in [2.05, 4.69) is 6.58 Å². The lowest BCUT2D eigenvalue weighted by molar-refractivity contribution is 0.219. The van der Waals surface area contributed by atoms with Gasteiger partial charge in [-0.25, -0.2) is 0 Å². The van der Waals surface area contributed by atoms with Gasteiger partial charge in [0.15, 0.2) is 0 Å². The van der Waals surface area contributed by atoms with Crippen LogP contribution < -0.4 is 0 Å². The zero-order valence-corrected chi connectivity index (χ0v) is 14.3. The molecule has 0 fully saturated rings. The Bertz CT molecular complexity index is 256. The minimum atomic E-state index is -2.80. The second-order valence-corrected chi connectivity index (χ2v) is 7.26. The smallest absolute Gasteiger partial charge is 0.309 e. The summed E-state index contributed by atoms with van der Waals surface area (Å²) in [7, 11) is -2.80. The Morgan fingerprint density at radius 1 is 0.850 bits per heavy atom. The van der Waals surface area contributed by atoms with Gasteiger partial charge < -0.3 is 9.05 Å². The number of allylic oxidation sites excluding steroid dienone is 1. The van der Waals surface area contributed by atoms with Crippen LogP contribution in [0.3, 0.4) is 0 Å². The molecule has 20 heavy (non-hydrogen) atoms. The monoisotopic (exact) mass is 304 g/mol. The predicted molar refractivity (Wildman–Crippen MR) is 87.5 cm³/mol. The van der Waals surface area contributed by atoms with E-state index in [9.17, 15) is 4.57 Å². The summed E-state index contributed by atoms with van der Waals surface area (Å²) in [5.74, 6) is 0. The molecule has 0 aliphatic carbocycles. The van der Waals surface area contributed by atoms with E-state index in [1.165, 1.54) is 38.5 Å². The van der Waals surface area contributed by atoms with Crippen molar-refractivity contribution in [2.75, 3.05) is 19.4 Å². The molecular weight excluding hydrogens is 271 g/mol. The number of hydrogen-bond acceptors (Lipinski definition) is 3. The Morgan fingerprint density at radius 2 is 1.30 bits per heavy atom. The summed E-state index contributed by atoms with van der Waals surface area (Å²) < 4.78 is 22.8. The minimum absolute atomic E-state index is 0.460. The van der Waals surface area contributed by atoms with Crippen LogP contribution in [-0.4, -0.2) is 19.4 Å². The lowest BCUT2D eigenvalue weighted by atomic mass is 10.1. The molecule has 0 aliphatic heterocycles. The fraction of sp³-hybridized carbons (Fsp3) is 0.875. The molecular formula is C16H33O3P. The first-order valence-electron chi connectivity index (χ1n) is 8.17. The molecule has 0 bridgehead atoms. The third kappa shape index (κ3) is 11.7. The topological polar surface area (TPSA) is 35.5 Å². The van der Waals surface area contributed by atoms with Crippen LogP contribution in [0.1, 0.15) is 71.6 Å². The minimum Gasteiger partial charge on any atom is -0.309 e. The van der Waals surface area contributed by atoms with Crippen LogP contribution >= 0.6 is 7.60 Å². The van der Waals surface area contributed by atoms with Gasteiger partial charge >= 0.3 is 7.60 Å². The Hall–Kier alpha value is -0.110. The zero-order valence-electron chi connectivity index (χ0n) is 13.4. The molecule has 0 heterocycles. The van der Waals surface area contributed by atoms with Crippen molar-refractivity contribution < 1.29 is 13.6 Å². The Labute approximate surface area is 125 Å². The molecule has 0 rings (SSSR count). The van der Waals surface area contributed by atoms with E-state index < -0.39 is 7.60 Å². The van der Waals surface area contributed by atoms with E-state index in [-0.39, 0.29) is 0 Å². The highest BCUT2D eigenvalue weighted by Crippen LogP contribution is 2.48. The summed E-state index contributed by atoms with van der Waals surface area (Å²) in [6.45, 7) is 8.37. The van der Waals surface area contributed by atoms with E-state index in [0.29, 0.717) is 19.4 Å². The summed E-state index contributed by atoms with van der Waals surface area (Å²) in [6, 6.07) is 0. The second kappa shape index (κ2) is 13.9. The Morgan fingerprint density at radius 3 is 1.75 bits per heavy atom. The molecule has 0 saturated heterocycles. The van der Waals surface area contributed by atoms with Gasteiger partial charge in [-0.2, -0.15) is 0 Å². The fourth-order valence-electron chi connectivity index (χ4n) is 2.21. The van der Waals surface area contributed by atoms with Crippen molar-refractivity contribution in [1.29, 1.82) is 0 Å². The highest BCUT2D eigenvalue weighted by molar-refractivity contribution is 7.53. The third-order valence-electron chi connectivity index (χ3n) is 3.24. The van der Waals surface area contributed by atoms with E-state index in [4.69, 9.17) is 9.05 Å². The van der Waals surface area contributed by atoms with Gasteiger partial charge in [-0.1, -0.05) is 44.6 Å². The number of unbranched alkanes of at least 4 members (excludes halogenated alkanes) is 8. The van der Waals surface area contributed by atoms with Crippen molar-refractivity contribution in [2.24, 2.45) is 0 Å². The van der Waals surface area contributed by atoms with Gasteiger partial charge in [0.25, 0.3) is 0 Å². The lowest BCUT2D eigenvalue weighted by Crippen LogP contribution is -2.00. The van der Waals surface area contributed by atoms with Crippen LogP contribution in [0.4, 0.5) is 0 Å². The molecule has 0 aromatic carbocycles. The van der Waals surface area contributed by atoms with Crippen molar-refractivity contribution in [2.45, 2.75) is 71.6 Å². The summed E-state index contributed by atoms with van der Waals surface area (Å²) in [6.07, 6.45) is 13.5. The molecule has 0 amide bonds. The standard InChI is InChI=1S/C16H33O3P/c1-4-7-8-9-10-11-12-13-14-15-16-20(17,18-5-2)19-6-3/h4H,1,5-16H2,2-3H3. The summed E-state index contributed by atoms with van der Waals surface area (Å²) in [4.78, 5) is 0. The zero-order chi connectivity index (χ0) is 15.1. The van der Waals surface area contributed by atoms with Crippen molar-refractivity contribution >= 4 is 7.60 Å². The highest BCUT2D eigenvalue weighted by Gasteiger charge is 2.22. The average Bonchev–Trinajstić information content (AvgIpc) is 2.41. The molecule has 0 spiro atoms. The van der Waals surface area contributed by atoms with Gasteiger partial charge in [-0.15, -0.1) is 6.58 Å². The van der Waals surface area contributed by atoms with E-state index in [0.717, 1.165) is 19.3 Å². The van der Waals surface area contributed by atoms with Crippen LogP contribution in [0.2, 0.25) is 0 Å². The van der Waals surface area contributed by atoms with Crippen molar-refractivity contribution in [3.05, 3.63) is 12.7 Å².